The van der Waals surface area contributed by atoms with E-state index in [2.05, 4.69) is 11.6 Å². The molecule has 130 valence electrons. The summed E-state index contributed by atoms with van der Waals surface area (Å²) in [5.74, 6) is 0.873. The van der Waals surface area contributed by atoms with Crippen LogP contribution in [0.5, 0.6) is 0 Å². The van der Waals surface area contributed by atoms with Crippen LogP contribution in [0, 0.1) is 19.8 Å². The number of hydrogen-bond acceptors (Lipinski definition) is 2. The van der Waals surface area contributed by atoms with E-state index in [4.69, 9.17) is 0 Å². The Labute approximate surface area is 146 Å². The molecule has 0 spiro atoms. The lowest BCUT2D eigenvalue weighted by atomic mass is 9.84. The normalized spacial score (nSPS) is 15.6. The van der Waals surface area contributed by atoms with Gasteiger partial charge in [0.2, 0.25) is 0 Å². The number of carbonyl (C=O) groups is 1. The third-order valence-corrected chi connectivity index (χ3v) is 4.85. The van der Waals surface area contributed by atoms with Crippen molar-refractivity contribution in [3.05, 3.63) is 41.5 Å². The Morgan fingerprint density at radius 2 is 1.96 bits per heavy atom. The lowest BCUT2D eigenvalue weighted by Crippen LogP contribution is -2.15. The second-order valence-electron chi connectivity index (χ2n) is 7.06. The van der Waals surface area contributed by atoms with Gasteiger partial charge in [0.15, 0.2) is 5.78 Å². The molecule has 1 aliphatic rings. The molecule has 0 unspecified atom stereocenters. The smallest absolute Gasteiger partial charge is 0.163 e. The molecule has 24 heavy (non-hydrogen) atoms. The number of Topliss-reactive ketones (excluding diaryl/α,β-unsaturated/α-hetero) is 1. The van der Waals surface area contributed by atoms with Crippen LogP contribution in [0.15, 0.2) is 29.8 Å². The van der Waals surface area contributed by atoms with Gasteiger partial charge in [0.25, 0.3) is 0 Å². The SMILES string of the molecule is C=CCN(C)C=Nc1cc(C)c(C(=O)CC2CCCCC2)cc1C. The molecule has 0 N–H and O–H groups in total. The van der Waals surface area contributed by atoms with Gasteiger partial charge in [0, 0.05) is 25.6 Å². The van der Waals surface area contributed by atoms with Gasteiger partial charge >= 0.3 is 0 Å². The van der Waals surface area contributed by atoms with E-state index in [1.54, 1.807) is 0 Å². The van der Waals surface area contributed by atoms with Crippen molar-refractivity contribution in [1.29, 1.82) is 0 Å². The summed E-state index contributed by atoms with van der Waals surface area (Å²) in [5.41, 5.74) is 3.88. The van der Waals surface area contributed by atoms with Crippen LogP contribution in [0.1, 0.15) is 60.0 Å². The molecule has 0 saturated heterocycles. The average Bonchev–Trinajstić information content (AvgIpc) is 2.56. The van der Waals surface area contributed by atoms with Crippen LogP contribution in [0.25, 0.3) is 0 Å². The number of carbonyl (C=O) groups excluding carboxylic acids is 1. The number of ketones is 1. The fraction of sp³-hybridized carbons (Fsp3) is 0.524. The van der Waals surface area contributed by atoms with Crippen molar-refractivity contribution in [2.24, 2.45) is 10.9 Å². The van der Waals surface area contributed by atoms with Crippen LogP contribution >= 0.6 is 0 Å². The topological polar surface area (TPSA) is 32.7 Å². The maximum atomic E-state index is 12.7. The second kappa shape index (κ2) is 8.81. The van der Waals surface area contributed by atoms with Gasteiger partial charge in [0.05, 0.1) is 12.0 Å². The number of likely N-dealkylation sites (N-methyl/N-ethyl adjacent to an activating group) is 1. The number of aliphatic imine (C=N–C) groups is 1. The predicted octanol–water partition coefficient (Wildman–Crippen LogP) is 5.23. The van der Waals surface area contributed by atoms with Crippen molar-refractivity contribution < 1.29 is 4.79 Å². The minimum absolute atomic E-state index is 0.293. The van der Waals surface area contributed by atoms with E-state index >= 15 is 0 Å². The molecule has 0 aromatic heterocycles. The summed E-state index contributed by atoms with van der Waals surface area (Å²) in [4.78, 5) is 19.2. The Bertz CT molecular complexity index is 613. The highest BCUT2D eigenvalue weighted by atomic mass is 16.1. The molecule has 0 amide bonds. The number of hydrogen-bond donors (Lipinski definition) is 0. The molecule has 0 atom stereocenters. The summed E-state index contributed by atoms with van der Waals surface area (Å²) in [7, 11) is 1.97. The van der Waals surface area contributed by atoms with E-state index < -0.39 is 0 Å². The Morgan fingerprint density at radius 1 is 1.25 bits per heavy atom. The standard InChI is InChI=1S/C21H30N2O/c1-5-11-23(4)15-22-20-13-16(2)19(12-17(20)3)21(24)14-18-9-7-6-8-10-18/h5,12-13,15,18H,1,6-11,14H2,2-4H3. The minimum Gasteiger partial charge on any atom is -0.362 e. The van der Waals surface area contributed by atoms with Gasteiger partial charge in [-0.15, -0.1) is 6.58 Å². The monoisotopic (exact) mass is 326 g/mol. The molecule has 1 aromatic carbocycles. The molecule has 1 aromatic rings. The molecule has 0 heterocycles. The van der Waals surface area contributed by atoms with Gasteiger partial charge in [-0.2, -0.15) is 0 Å². The zero-order valence-electron chi connectivity index (χ0n) is 15.3. The van der Waals surface area contributed by atoms with E-state index in [1.165, 1.54) is 32.1 Å². The summed E-state index contributed by atoms with van der Waals surface area (Å²) in [6.45, 7) is 8.53. The lowest BCUT2D eigenvalue weighted by molar-refractivity contribution is 0.0949. The first-order chi connectivity index (χ1) is 11.5. The van der Waals surface area contributed by atoms with E-state index in [9.17, 15) is 4.79 Å². The molecule has 1 fully saturated rings. The predicted molar refractivity (Wildman–Crippen MR) is 102 cm³/mol. The van der Waals surface area contributed by atoms with Crippen LogP contribution in [-0.2, 0) is 0 Å². The average molecular weight is 326 g/mol. The molecule has 0 bridgehead atoms. The second-order valence-corrected chi connectivity index (χ2v) is 7.06. The van der Waals surface area contributed by atoms with Crippen molar-refractivity contribution in [2.75, 3.05) is 13.6 Å². The molecule has 1 aliphatic carbocycles. The first kappa shape index (κ1) is 18.4. The number of nitrogens with zero attached hydrogens (tertiary/aromatic N) is 2. The zero-order chi connectivity index (χ0) is 17.5. The summed E-state index contributed by atoms with van der Waals surface area (Å²) < 4.78 is 0. The maximum Gasteiger partial charge on any atom is 0.163 e. The highest BCUT2D eigenvalue weighted by molar-refractivity contribution is 5.98. The van der Waals surface area contributed by atoms with Crippen LogP contribution < -0.4 is 0 Å². The van der Waals surface area contributed by atoms with Gasteiger partial charge in [-0.1, -0.05) is 38.2 Å². The largest absolute Gasteiger partial charge is 0.362 e. The van der Waals surface area contributed by atoms with Crippen molar-refractivity contribution in [3.8, 4) is 0 Å². The molecule has 3 nitrogen and oxygen atoms in total. The molecular formula is C21H30N2O. The van der Waals surface area contributed by atoms with Gasteiger partial charge in [-0.05, 0) is 43.0 Å². The fourth-order valence-electron chi connectivity index (χ4n) is 3.42. The van der Waals surface area contributed by atoms with Crippen molar-refractivity contribution >= 4 is 17.8 Å². The quantitative estimate of drug-likeness (QED) is 0.297. The van der Waals surface area contributed by atoms with Gasteiger partial charge in [-0.3, -0.25) is 4.79 Å². The molecule has 2 rings (SSSR count). The van der Waals surface area contributed by atoms with Gasteiger partial charge in [-0.25, -0.2) is 4.99 Å². The Kier molecular flexibility index (Phi) is 6.77. The molecule has 0 radical (unpaired) electrons. The van der Waals surface area contributed by atoms with Crippen molar-refractivity contribution in [1.82, 2.24) is 4.90 Å². The number of rotatable bonds is 7. The van der Waals surface area contributed by atoms with E-state index in [1.807, 2.05) is 50.3 Å². The number of benzene rings is 1. The zero-order valence-corrected chi connectivity index (χ0v) is 15.3. The highest BCUT2D eigenvalue weighted by Gasteiger charge is 2.19. The Balaban J connectivity index is 2.10. The first-order valence-electron chi connectivity index (χ1n) is 9.01. The van der Waals surface area contributed by atoms with Crippen LogP contribution in [0.2, 0.25) is 0 Å². The highest BCUT2D eigenvalue weighted by Crippen LogP contribution is 2.29. The van der Waals surface area contributed by atoms with Gasteiger partial charge in [0.1, 0.15) is 0 Å². The summed E-state index contributed by atoms with van der Waals surface area (Å²) in [6, 6.07) is 4.04. The minimum atomic E-state index is 0.293. The van der Waals surface area contributed by atoms with Crippen LogP contribution in [-0.4, -0.2) is 30.6 Å². The maximum absolute atomic E-state index is 12.7. The van der Waals surface area contributed by atoms with E-state index in [0.717, 1.165) is 28.9 Å². The van der Waals surface area contributed by atoms with Crippen LogP contribution in [0.4, 0.5) is 5.69 Å². The van der Waals surface area contributed by atoms with Crippen LogP contribution in [0.3, 0.4) is 0 Å². The summed E-state index contributed by atoms with van der Waals surface area (Å²) >= 11 is 0. The molecular weight excluding hydrogens is 296 g/mol. The molecule has 3 heteroatoms. The first-order valence-corrected chi connectivity index (χ1v) is 9.01. The summed E-state index contributed by atoms with van der Waals surface area (Å²) in [6.07, 6.45) is 10.7. The molecule has 1 saturated carbocycles. The van der Waals surface area contributed by atoms with Crippen molar-refractivity contribution in [2.45, 2.75) is 52.4 Å². The third kappa shape index (κ3) is 5.05. The third-order valence-electron chi connectivity index (χ3n) is 4.85. The lowest BCUT2D eigenvalue weighted by Gasteiger charge is -2.21. The van der Waals surface area contributed by atoms with E-state index in [-0.39, 0.29) is 0 Å². The Morgan fingerprint density at radius 3 is 2.62 bits per heavy atom. The number of aryl methyl sites for hydroxylation is 2. The van der Waals surface area contributed by atoms with Crippen molar-refractivity contribution in [3.63, 3.8) is 0 Å². The van der Waals surface area contributed by atoms with E-state index in [0.29, 0.717) is 18.1 Å². The Hall–Kier alpha value is -1.90. The van der Waals surface area contributed by atoms with Gasteiger partial charge < -0.3 is 4.90 Å². The summed E-state index contributed by atoms with van der Waals surface area (Å²) in [5, 5.41) is 0. The fourth-order valence-corrected chi connectivity index (χ4v) is 3.42. The molecule has 0 aliphatic heterocycles.